The molecule has 0 radical (unpaired) electrons. The second-order valence-electron chi connectivity index (χ2n) is 5.07. The number of carbonyl (C=O) groups excluding carboxylic acids is 1. The first-order chi connectivity index (χ1) is 10.2. The van der Waals surface area contributed by atoms with Gasteiger partial charge >= 0.3 is 6.18 Å². The van der Waals surface area contributed by atoms with Gasteiger partial charge in [0.1, 0.15) is 5.60 Å². The second-order valence-corrected chi connectivity index (χ2v) is 5.07. The van der Waals surface area contributed by atoms with Crippen LogP contribution in [0.2, 0.25) is 0 Å². The standard InChI is InChI=1S/C16H14F3NO2/c1-2-14(21)20-10-9-15(22,11-20)8-7-12-3-5-13(6-4-12)16(17,18)19/h2-6,22H,1,9-11H2/t15-/m1/s1. The van der Waals surface area contributed by atoms with E-state index in [0.717, 1.165) is 18.2 Å². The quantitative estimate of drug-likeness (QED) is 0.638. The van der Waals surface area contributed by atoms with Gasteiger partial charge in [-0.3, -0.25) is 4.79 Å². The summed E-state index contributed by atoms with van der Waals surface area (Å²) in [6.45, 7) is 3.80. The highest BCUT2D eigenvalue weighted by molar-refractivity contribution is 5.87. The van der Waals surface area contributed by atoms with Crippen molar-refractivity contribution in [3.8, 4) is 11.8 Å². The molecule has 1 aliphatic heterocycles. The van der Waals surface area contributed by atoms with Crippen LogP contribution in [-0.2, 0) is 11.0 Å². The Kier molecular flexibility index (Phi) is 4.29. The first-order valence-electron chi connectivity index (χ1n) is 6.58. The van der Waals surface area contributed by atoms with Gasteiger partial charge in [0.05, 0.1) is 12.1 Å². The fourth-order valence-electron chi connectivity index (χ4n) is 2.14. The lowest BCUT2D eigenvalue weighted by atomic mass is 10.0. The summed E-state index contributed by atoms with van der Waals surface area (Å²) < 4.78 is 37.3. The van der Waals surface area contributed by atoms with E-state index in [-0.39, 0.29) is 12.5 Å². The Balaban J connectivity index is 2.10. The van der Waals surface area contributed by atoms with Crippen molar-refractivity contribution < 1.29 is 23.1 Å². The Morgan fingerprint density at radius 3 is 2.55 bits per heavy atom. The van der Waals surface area contributed by atoms with E-state index in [1.807, 2.05) is 0 Å². The van der Waals surface area contributed by atoms with Crippen LogP contribution in [-0.4, -0.2) is 34.6 Å². The SMILES string of the molecule is C=CC(=O)N1CC[C@](O)(C#Cc2ccc(C(F)(F)F)cc2)C1. The van der Waals surface area contributed by atoms with Crippen molar-refractivity contribution in [3.05, 3.63) is 48.0 Å². The van der Waals surface area contributed by atoms with Crippen molar-refractivity contribution >= 4 is 5.91 Å². The zero-order valence-corrected chi connectivity index (χ0v) is 11.7. The van der Waals surface area contributed by atoms with Crippen molar-refractivity contribution in [2.45, 2.75) is 18.2 Å². The Morgan fingerprint density at radius 2 is 2.00 bits per heavy atom. The third-order valence-corrected chi connectivity index (χ3v) is 3.39. The zero-order valence-electron chi connectivity index (χ0n) is 11.7. The summed E-state index contributed by atoms with van der Waals surface area (Å²) in [5.74, 6) is 5.00. The van der Waals surface area contributed by atoms with Gasteiger partial charge in [0, 0.05) is 18.5 Å². The lowest BCUT2D eigenvalue weighted by Crippen LogP contribution is -2.34. The van der Waals surface area contributed by atoms with Crippen molar-refractivity contribution in [2.75, 3.05) is 13.1 Å². The summed E-state index contributed by atoms with van der Waals surface area (Å²) in [5.41, 5.74) is -1.73. The molecular weight excluding hydrogens is 295 g/mol. The van der Waals surface area contributed by atoms with Gasteiger partial charge in [0.2, 0.25) is 5.91 Å². The number of nitrogens with zero attached hydrogens (tertiary/aromatic N) is 1. The number of hydrogen-bond donors (Lipinski definition) is 1. The summed E-state index contributed by atoms with van der Waals surface area (Å²) in [6.07, 6.45) is -2.93. The number of rotatable bonds is 1. The molecule has 0 aliphatic carbocycles. The number of aliphatic hydroxyl groups is 1. The highest BCUT2D eigenvalue weighted by atomic mass is 19.4. The van der Waals surface area contributed by atoms with Crippen LogP contribution in [0.15, 0.2) is 36.9 Å². The molecule has 1 heterocycles. The third kappa shape index (κ3) is 3.68. The monoisotopic (exact) mass is 309 g/mol. The van der Waals surface area contributed by atoms with Gasteiger partial charge in [0.25, 0.3) is 0 Å². The molecule has 116 valence electrons. The summed E-state index contributed by atoms with van der Waals surface area (Å²) in [6, 6.07) is 4.38. The Bertz CT molecular complexity index is 640. The predicted molar refractivity (Wildman–Crippen MR) is 74.7 cm³/mol. The maximum absolute atomic E-state index is 12.4. The van der Waals surface area contributed by atoms with E-state index in [2.05, 4.69) is 18.4 Å². The molecule has 0 aromatic heterocycles. The number of β-amino-alcohol motifs (C(OH)–C–C–N with tert-alkyl or cyclic N) is 1. The topological polar surface area (TPSA) is 40.5 Å². The van der Waals surface area contributed by atoms with Crippen molar-refractivity contribution in [3.63, 3.8) is 0 Å². The lowest BCUT2D eigenvalue weighted by molar-refractivity contribution is -0.137. The van der Waals surface area contributed by atoms with Crippen LogP contribution in [0.3, 0.4) is 0 Å². The van der Waals surface area contributed by atoms with E-state index >= 15 is 0 Å². The molecule has 3 nitrogen and oxygen atoms in total. The minimum absolute atomic E-state index is 0.0610. The van der Waals surface area contributed by atoms with Crippen LogP contribution in [0.1, 0.15) is 17.5 Å². The molecule has 0 saturated carbocycles. The fourth-order valence-corrected chi connectivity index (χ4v) is 2.14. The molecule has 22 heavy (non-hydrogen) atoms. The molecule has 2 rings (SSSR count). The Labute approximate surface area is 126 Å². The van der Waals surface area contributed by atoms with Crippen molar-refractivity contribution in [2.24, 2.45) is 0 Å². The molecular formula is C16H14F3NO2. The molecule has 1 amide bonds. The predicted octanol–water partition coefficient (Wildman–Crippen LogP) is 2.21. The molecule has 0 bridgehead atoms. The van der Waals surface area contributed by atoms with Crippen LogP contribution in [0.4, 0.5) is 13.2 Å². The number of alkyl halides is 3. The smallest absolute Gasteiger partial charge is 0.376 e. The van der Waals surface area contributed by atoms with Crippen LogP contribution in [0.25, 0.3) is 0 Å². The maximum Gasteiger partial charge on any atom is 0.416 e. The molecule has 6 heteroatoms. The highest BCUT2D eigenvalue weighted by Crippen LogP contribution is 2.29. The zero-order chi connectivity index (χ0) is 16.4. The van der Waals surface area contributed by atoms with Gasteiger partial charge in [-0.2, -0.15) is 13.2 Å². The summed E-state index contributed by atoms with van der Waals surface area (Å²) in [5, 5.41) is 10.3. The van der Waals surface area contributed by atoms with Gasteiger partial charge in [-0.05, 0) is 30.3 Å². The normalized spacial score (nSPS) is 21.2. The fraction of sp³-hybridized carbons (Fsp3) is 0.312. The molecule has 1 saturated heterocycles. The molecule has 1 fully saturated rings. The molecule has 0 spiro atoms. The van der Waals surface area contributed by atoms with E-state index in [9.17, 15) is 23.1 Å². The number of carbonyl (C=O) groups is 1. The van der Waals surface area contributed by atoms with Crippen LogP contribution < -0.4 is 0 Å². The molecule has 1 atom stereocenters. The summed E-state index contributed by atoms with van der Waals surface area (Å²) in [4.78, 5) is 12.9. The Hall–Kier alpha value is -2.26. The Morgan fingerprint density at radius 1 is 1.36 bits per heavy atom. The molecule has 1 aromatic carbocycles. The van der Waals surface area contributed by atoms with Gasteiger partial charge in [-0.1, -0.05) is 18.4 Å². The maximum atomic E-state index is 12.4. The first-order valence-corrected chi connectivity index (χ1v) is 6.58. The van der Waals surface area contributed by atoms with E-state index in [1.165, 1.54) is 17.0 Å². The second kappa shape index (κ2) is 5.85. The van der Waals surface area contributed by atoms with Gasteiger partial charge < -0.3 is 10.0 Å². The number of hydrogen-bond acceptors (Lipinski definition) is 2. The highest BCUT2D eigenvalue weighted by Gasteiger charge is 2.36. The van der Waals surface area contributed by atoms with E-state index in [1.54, 1.807) is 0 Å². The largest absolute Gasteiger partial charge is 0.416 e. The first kappa shape index (κ1) is 16.1. The number of halogens is 3. The average Bonchev–Trinajstić information content (AvgIpc) is 2.87. The molecule has 0 unspecified atom stereocenters. The van der Waals surface area contributed by atoms with E-state index in [0.29, 0.717) is 18.5 Å². The molecule has 1 N–H and O–H groups in total. The minimum atomic E-state index is -4.39. The van der Waals surface area contributed by atoms with Gasteiger partial charge in [-0.15, -0.1) is 0 Å². The van der Waals surface area contributed by atoms with Crippen molar-refractivity contribution in [1.29, 1.82) is 0 Å². The lowest BCUT2D eigenvalue weighted by Gasteiger charge is -2.16. The number of amides is 1. The van der Waals surface area contributed by atoms with E-state index < -0.39 is 17.3 Å². The minimum Gasteiger partial charge on any atom is -0.376 e. The number of likely N-dealkylation sites (tertiary alicyclic amines) is 1. The van der Waals surface area contributed by atoms with Crippen LogP contribution >= 0.6 is 0 Å². The number of benzene rings is 1. The summed E-state index contributed by atoms with van der Waals surface area (Å²) >= 11 is 0. The van der Waals surface area contributed by atoms with Crippen molar-refractivity contribution in [1.82, 2.24) is 4.90 Å². The average molecular weight is 309 g/mol. The molecule has 1 aliphatic rings. The van der Waals surface area contributed by atoms with E-state index in [4.69, 9.17) is 0 Å². The summed E-state index contributed by atoms with van der Waals surface area (Å²) in [7, 11) is 0. The van der Waals surface area contributed by atoms with Gasteiger partial charge in [-0.25, -0.2) is 0 Å². The third-order valence-electron chi connectivity index (χ3n) is 3.39. The van der Waals surface area contributed by atoms with Gasteiger partial charge in [0.15, 0.2) is 0 Å². The molecule has 1 aromatic rings. The van der Waals surface area contributed by atoms with Crippen LogP contribution in [0.5, 0.6) is 0 Å². The van der Waals surface area contributed by atoms with Crippen LogP contribution in [0, 0.1) is 11.8 Å².